The third kappa shape index (κ3) is 21.3. The van der Waals surface area contributed by atoms with Crippen molar-refractivity contribution in [2.45, 2.75) is 207 Å². The Bertz CT molecular complexity index is 1910. The lowest BCUT2D eigenvalue weighted by atomic mass is 9.73. The van der Waals surface area contributed by atoms with E-state index in [2.05, 4.69) is 0 Å². The second-order valence-electron chi connectivity index (χ2n) is 22.4. The minimum Gasteiger partial charge on any atom is -0.478 e. The van der Waals surface area contributed by atoms with Crippen LogP contribution < -0.4 is 0 Å². The van der Waals surface area contributed by atoms with E-state index in [-0.39, 0.29) is 66.2 Å². The lowest BCUT2D eigenvalue weighted by Gasteiger charge is -2.44. The maximum Gasteiger partial charge on any atom is 0.338 e. The molecular formula is C59H98O16. The largest absolute Gasteiger partial charge is 0.478 e. The van der Waals surface area contributed by atoms with E-state index in [0.29, 0.717) is 56.9 Å². The Morgan fingerprint density at radius 3 is 1.97 bits per heavy atom. The Balaban J connectivity index is 2.02. The van der Waals surface area contributed by atoms with Crippen LogP contribution >= 0.6 is 0 Å². The van der Waals surface area contributed by atoms with Crippen molar-refractivity contribution in [3.8, 4) is 0 Å². The summed E-state index contributed by atoms with van der Waals surface area (Å²) in [6, 6.07) is 0. The van der Waals surface area contributed by atoms with Crippen molar-refractivity contribution in [3.63, 3.8) is 0 Å². The fraction of sp³-hybridized carbons (Fsp3) is 0.746. The molecule has 75 heavy (non-hydrogen) atoms. The van der Waals surface area contributed by atoms with Crippen LogP contribution in [-0.4, -0.2) is 153 Å². The van der Waals surface area contributed by atoms with Gasteiger partial charge in [-0.15, -0.1) is 0 Å². The van der Waals surface area contributed by atoms with Crippen LogP contribution in [0.2, 0.25) is 0 Å². The summed E-state index contributed by atoms with van der Waals surface area (Å²) in [5.74, 6) is -4.98. The summed E-state index contributed by atoms with van der Waals surface area (Å²) >= 11 is 0. The fourth-order valence-corrected chi connectivity index (χ4v) is 10.8. The number of aliphatic hydroxyl groups excluding tert-OH is 6. The first-order valence-corrected chi connectivity index (χ1v) is 27.2. The first-order chi connectivity index (χ1) is 35.1. The summed E-state index contributed by atoms with van der Waals surface area (Å²) in [5.41, 5.74) is -0.413. The van der Waals surface area contributed by atoms with Crippen LogP contribution in [-0.2, 0) is 38.1 Å². The molecule has 0 bridgehead atoms. The van der Waals surface area contributed by atoms with Crippen LogP contribution in [0, 0.1) is 53.3 Å². The number of rotatable bonds is 33. The first kappa shape index (κ1) is 67.6. The second kappa shape index (κ2) is 33.0. The maximum atomic E-state index is 13.1. The van der Waals surface area contributed by atoms with Gasteiger partial charge >= 0.3 is 17.9 Å². The molecule has 21 atom stereocenters. The maximum absolute atomic E-state index is 13.1. The number of carboxylic acids is 1. The van der Waals surface area contributed by atoms with E-state index in [1.807, 2.05) is 78.8 Å². The van der Waals surface area contributed by atoms with E-state index < -0.39 is 84.2 Å². The molecule has 0 amide bonds. The highest BCUT2D eigenvalue weighted by Crippen LogP contribution is 2.39. The van der Waals surface area contributed by atoms with Crippen molar-refractivity contribution < 1.29 is 78.9 Å². The van der Waals surface area contributed by atoms with Crippen molar-refractivity contribution in [1.82, 2.24) is 0 Å². The summed E-state index contributed by atoms with van der Waals surface area (Å²) in [6.07, 6.45) is 13.0. The van der Waals surface area contributed by atoms with Crippen molar-refractivity contribution in [1.29, 1.82) is 0 Å². The van der Waals surface area contributed by atoms with Gasteiger partial charge in [0.1, 0.15) is 17.8 Å². The van der Waals surface area contributed by atoms with Crippen LogP contribution in [0.3, 0.4) is 0 Å². The number of cyclic esters (lactones) is 2. The average molecular weight is 1060 g/mol. The lowest BCUT2D eigenvalue weighted by Crippen LogP contribution is -2.59. The van der Waals surface area contributed by atoms with E-state index in [9.17, 15) is 50.1 Å². The first-order valence-electron chi connectivity index (χ1n) is 27.2. The van der Waals surface area contributed by atoms with Crippen LogP contribution in [0.25, 0.3) is 0 Å². The van der Waals surface area contributed by atoms with Gasteiger partial charge in [-0.05, 0) is 95.5 Å². The molecule has 2 aliphatic rings. The van der Waals surface area contributed by atoms with Gasteiger partial charge in [-0.25, -0.2) is 14.4 Å². The van der Waals surface area contributed by atoms with Gasteiger partial charge in [0, 0.05) is 69.3 Å². The Hall–Kier alpha value is -3.55. The SMILES string of the molecule is COC(CC[C@H](C)[C@]1(O)C[C@H]([C@H](C)/C=C(C)/C=C(\C)[C@H](O)[C@@H](C)[C@H](O)[C@H](C)[C@H](OC)[C@@H](C)/C=C/C=C/C=C/C(=O)O)OC(=O)[C@H]1O)CC(CC(O)C(C)C/C=C/[C@@H](C)[C@H]1C[C@H]([C@@H](C)CC[C@H](C)O)[C@@H](O)C(=O)O1)OC. The molecule has 0 saturated carbocycles. The molecule has 2 aliphatic heterocycles. The van der Waals surface area contributed by atoms with E-state index in [1.165, 1.54) is 6.08 Å². The normalized spacial score (nSPS) is 28.5. The summed E-state index contributed by atoms with van der Waals surface area (Å²) in [5, 5.41) is 86.2. The Morgan fingerprint density at radius 2 is 1.37 bits per heavy atom. The van der Waals surface area contributed by atoms with Gasteiger partial charge < -0.3 is 64.5 Å². The molecule has 2 fully saturated rings. The van der Waals surface area contributed by atoms with Crippen molar-refractivity contribution in [2.75, 3.05) is 21.3 Å². The third-order valence-electron chi connectivity index (χ3n) is 16.2. The molecule has 2 saturated heterocycles. The Labute approximate surface area is 448 Å². The molecule has 16 heteroatoms. The minimum atomic E-state index is -1.79. The van der Waals surface area contributed by atoms with Crippen LogP contribution in [0.4, 0.5) is 0 Å². The molecule has 2 heterocycles. The zero-order valence-electron chi connectivity index (χ0n) is 47.5. The van der Waals surface area contributed by atoms with Gasteiger partial charge in [0.05, 0.1) is 42.7 Å². The minimum absolute atomic E-state index is 0.0140. The summed E-state index contributed by atoms with van der Waals surface area (Å²) < 4.78 is 28.7. The molecule has 0 aromatic rings. The molecule has 4 unspecified atom stereocenters. The molecule has 0 aliphatic carbocycles. The van der Waals surface area contributed by atoms with Crippen LogP contribution in [0.15, 0.2) is 71.9 Å². The Morgan fingerprint density at radius 1 is 0.747 bits per heavy atom. The molecule has 2 rings (SSSR count). The van der Waals surface area contributed by atoms with Gasteiger partial charge in [-0.2, -0.15) is 0 Å². The number of esters is 2. The van der Waals surface area contributed by atoms with Crippen molar-refractivity contribution >= 4 is 17.9 Å². The number of aliphatic hydroxyl groups is 7. The number of ether oxygens (including phenoxy) is 5. The fourth-order valence-electron chi connectivity index (χ4n) is 10.8. The number of aliphatic carboxylic acids is 1. The Kier molecular flexibility index (Phi) is 29.7. The number of carbonyl (C=O) groups excluding carboxylic acids is 2. The van der Waals surface area contributed by atoms with Crippen LogP contribution in [0.1, 0.15) is 134 Å². The summed E-state index contributed by atoms with van der Waals surface area (Å²) in [4.78, 5) is 36.4. The van der Waals surface area contributed by atoms with Gasteiger partial charge in [0.25, 0.3) is 0 Å². The number of hydrogen-bond acceptors (Lipinski definition) is 15. The number of carboxylic acid groups (broad SMARTS) is 1. The standard InChI is InChI=1S/C59H98O16/c1-34(29-40(7)52(64)43(10)53(65)44(11)55(73-14)38(5)20-17-15-16-18-23-51(62)63)28-39(6)50-33-59(70,56(67)58(69)75-50)41(8)25-27-45(71-12)30-46(72-13)31-48(61)36(3)21-19-22-37(4)49-32-47(54(66)57(68)74-49)35(2)24-26-42(9)60/h15-20,22-23,28-29,35-39,41-50,52-56,60-61,64-67,70H,21,24-27,30-33H2,1-14H3,(H,62,63)/b16-15+,20-17+,22-19+,23-18+,34-28+,40-29+/t35-,36?,37+,38-,39+,41-,42-,43+,44-,45?,46?,47+,48?,49+,50+,52-,53-,54+,55+,56+,59+/m0/s1. The summed E-state index contributed by atoms with van der Waals surface area (Å²) in [7, 11) is 4.75. The topological polar surface area (TPSA) is 259 Å². The van der Waals surface area contributed by atoms with Gasteiger partial charge in [-0.3, -0.25) is 0 Å². The number of allylic oxidation sites excluding steroid dienone is 7. The molecule has 0 aromatic heterocycles. The zero-order chi connectivity index (χ0) is 56.9. The lowest BCUT2D eigenvalue weighted by molar-refractivity contribution is -0.212. The number of hydrogen-bond donors (Lipinski definition) is 8. The van der Waals surface area contributed by atoms with Gasteiger partial charge in [-0.1, -0.05) is 116 Å². The molecule has 0 radical (unpaired) electrons. The molecule has 16 nitrogen and oxygen atoms in total. The van der Waals surface area contributed by atoms with E-state index >= 15 is 0 Å². The van der Waals surface area contributed by atoms with E-state index in [1.54, 1.807) is 67.3 Å². The predicted octanol–water partition coefficient (Wildman–Crippen LogP) is 7.22. The molecule has 430 valence electrons. The smallest absolute Gasteiger partial charge is 0.338 e. The molecular weight excluding hydrogens is 965 g/mol. The highest BCUT2D eigenvalue weighted by Gasteiger charge is 2.52. The quantitative estimate of drug-likeness (QED) is 0.0140. The van der Waals surface area contributed by atoms with Crippen molar-refractivity contribution in [3.05, 3.63) is 71.9 Å². The molecule has 0 spiro atoms. The van der Waals surface area contributed by atoms with Crippen molar-refractivity contribution in [2.24, 2.45) is 53.3 Å². The monoisotopic (exact) mass is 1060 g/mol. The number of carbonyl (C=O) groups is 3. The van der Waals surface area contributed by atoms with E-state index in [4.69, 9.17) is 28.8 Å². The highest BCUT2D eigenvalue weighted by atomic mass is 16.6. The number of methoxy groups -OCH3 is 3. The molecule has 8 N–H and O–H groups in total. The van der Waals surface area contributed by atoms with E-state index in [0.717, 1.165) is 11.6 Å². The highest BCUT2D eigenvalue weighted by molar-refractivity contribution is 5.80. The predicted molar refractivity (Wildman–Crippen MR) is 289 cm³/mol. The van der Waals surface area contributed by atoms with Gasteiger partial charge in [0.15, 0.2) is 12.2 Å². The van der Waals surface area contributed by atoms with Crippen LogP contribution in [0.5, 0.6) is 0 Å². The third-order valence-corrected chi connectivity index (χ3v) is 16.2. The molecule has 0 aromatic carbocycles. The second-order valence-corrected chi connectivity index (χ2v) is 22.4. The van der Waals surface area contributed by atoms with Gasteiger partial charge in [0.2, 0.25) is 0 Å². The average Bonchev–Trinajstić information content (AvgIpc) is 3.36. The summed E-state index contributed by atoms with van der Waals surface area (Å²) in [6.45, 7) is 20.5. The zero-order valence-corrected chi connectivity index (χ0v) is 47.5.